The Balaban J connectivity index is 1.72. The van der Waals surface area contributed by atoms with Gasteiger partial charge in [-0.1, -0.05) is 30.6 Å². The molecule has 1 aromatic carbocycles. The van der Waals surface area contributed by atoms with Crippen molar-refractivity contribution in [1.29, 1.82) is 0 Å². The third-order valence-corrected chi connectivity index (χ3v) is 7.65. The molecule has 1 N–H and O–H groups in total. The van der Waals surface area contributed by atoms with E-state index in [1.807, 2.05) is 26.0 Å². The zero-order valence-corrected chi connectivity index (χ0v) is 17.5. The van der Waals surface area contributed by atoms with Crippen molar-refractivity contribution >= 4 is 15.9 Å². The summed E-state index contributed by atoms with van der Waals surface area (Å²) in [4.78, 5) is 0. The molecule has 4 nitrogen and oxygen atoms in total. The van der Waals surface area contributed by atoms with Gasteiger partial charge in [-0.25, -0.2) is 8.42 Å². The zero-order chi connectivity index (χ0) is 19.8. The van der Waals surface area contributed by atoms with Crippen LogP contribution in [0.4, 0.5) is 0 Å². The van der Waals surface area contributed by atoms with Gasteiger partial charge in [-0.15, -0.1) is 0 Å². The van der Waals surface area contributed by atoms with Crippen molar-refractivity contribution in [2.45, 2.75) is 64.7 Å². The molecule has 2 aliphatic heterocycles. The Morgan fingerprint density at radius 2 is 1.96 bits per heavy atom. The van der Waals surface area contributed by atoms with Gasteiger partial charge in [0.05, 0.1) is 18.5 Å². The predicted molar refractivity (Wildman–Crippen MR) is 110 cm³/mol. The largest absolute Gasteiger partial charge is 0.507 e. The van der Waals surface area contributed by atoms with Gasteiger partial charge in [-0.3, -0.25) is 0 Å². The van der Waals surface area contributed by atoms with Crippen molar-refractivity contribution in [2.24, 2.45) is 0 Å². The van der Waals surface area contributed by atoms with Crippen LogP contribution in [-0.2, 0) is 14.6 Å². The Morgan fingerprint density at radius 3 is 2.59 bits per heavy atom. The Bertz CT molecular complexity index is 870. The van der Waals surface area contributed by atoms with E-state index in [9.17, 15) is 13.5 Å². The average molecular weight is 391 g/mol. The van der Waals surface area contributed by atoms with E-state index < -0.39 is 15.1 Å². The fourth-order valence-electron chi connectivity index (χ4n) is 4.31. The topological polar surface area (TPSA) is 63.6 Å². The first kappa shape index (κ1) is 20.2. The van der Waals surface area contributed by atoms with Crippen LogP contribution >= 0.6 is 0 Å². The highest BCUT2D eigenvalue weighted by molar-refractivity contribution is 7.92. The molecule has 1 aromatic rings. The molecule has 0 saturated carbocycles. The summed E-state index contributed by atoms with van der Waals surface area (Å²) in [7, 11) is -3.07. The molecule has 0 aliphatic carbocycles. The van der Waals surface area contributed by atoms with Crippen LogP contribution in [0.15, 0.2) is 28.9 Å². The van der Waals surface area contributed by atoms with Crippen LogP contribution in [0, 0.1) is 13.8 Å². The van der Waals surface area contributed by atoms with Crippen molar-refractivity contribution in [3.05, 3.63) is 45.5 Å². The van der Waals surface area contributed by atoms with Gasteiger partial charge in [-0.2, -0.15) is 0 Å². The molecule has 0 spiro atoms. The van der Waals surface area contributed by atoms with Crippen LogP contribution in [0.3, 0.4) is 0 Å². The molecule has 3 rings (SSSR count). The molecule has 0 radical (unpaired) electrons. The van der Waals surface area contributed by atoms with E-state index in [0.717, 1.165) is 53.5 Å². The summed E-state index contributed by atoms with van der Waals surface area (Å²) in [6.07, 6.45) is 5.56. The van der Waals surface area contributed by atoms with Crippen LogP contribution in [0.1, 0.15) is 56.2 Å². The summed E-state index contributed by atoms with van der Waals surface area (Å²) in [5, 5.41) is 9.51. The number of ether oxygens (including phenoxy) is 1. The summed E-state index contributed by atoms with van der Waals surface area (Å²) in [6.45, 7) is 8.31. The molecule has 5 heteroatoms. The fraction of sp³-hybridized carbons (Fsp3) is 0.545. The molecule has 27 heavy (non-hydrogen) atoms. The number of fused-ring (bicyclic) bond motifs is 1. The molecule has 2 heterocycles. The molecular weight excluding hydrogens is 360 g/mol. The number of sulfone groups is 1. The van der Waals surface area contributed by atoms with Crippen molar-refractivity contribution in [3.63, 3.8) is 0 Å². The van der Waals surface area contributed by atoms with E-state index in [-0.39, 0.29) is 11.9 Å². The zero-order valence-electron chi connectivity index (χ0n) is 16.7. The highest BCUT2D eigenvalue weighted by Crippen LogP contribution is 2.40. The first-order chi connectivity index (χ1) is 12.7. The van der Waals surface area contributed by atoms with Gasteiger partial charge in [0, 0.05) is 0 Å². The Kier molecular flexibility index (Phi) is 5.82. The lowest BCUT2D eigenvalue weighted by Crippen LogP contribution is -2.19. The van der Waals surface area contributed by atoms with E-state index in [1.165, 1.54) is 5.57 Å². The lowest BCUT2D eigenvalue weighted by atomic mass is 9.95. The Morgan fingerprint density at radius 1 is 1.30 bits per heavy atom. The number of phenolic OH excluding ortho intramolecular Hbond substituents is 1. The van der Waals surface area contributed by atoms with Gasteiger partial charge in [0.25, 0.3) is 0 Å². The van der Waals surface area contributed by atoms with E-state index in [4.69, 9.17) is 4.74 Å². The van der Waals surface area contributed by atoms with Gasteiger partial charge in [0.1, 0.15) is 11.0 Å². The minimum absolute atomic E-state index is 0.0690. The van der Waals surface area contributed by atoms with Crippen molar-refractivity contribution in [2.75, 3.05) is 12.4 Å². The summed E-state index contributed by atoms with van der Waals surface area (Å²) in [5.41, 5.74) is 6.21. The number of aryl methyl sites for hydroxylation is 2. The molecular formula is C22H30O4S. The first-order valence-electron chi connectivity index (χ1n) is 9.75. The maximum Gasteiger partial charge on any atom is 0.163 e. The summed E-state index contributed by atoms with van der Waals surface area (Å²) < 4.78 is 30.7. The highest BCUT2D eigenvalue weighted by Gasteiger charge is 2.46. The number of hydrogen-bond donors (Lipinski definition) is 1. The lowest BCUT2D eigenvalue weighted by Gasteiger charge is -2.14. The Labute approximate surface area is 162 Å². The van der Waals surface area contributed by atoms with Crippen LogP contribution in [0.25, 0.3) is 6.08 Å². The molecule has 2 atom stereocenters. The molecule has 1 fully saturated rings. The molecule has 0 aromatic heterocycles. The summed E-state index contributed by atoms with van der Waals surface area (Å²) >= 11 is 0. The second kappa shape index (κ2) is 7.80. The number of rotatable bonds is 6. The first-order valence-corrected chi connectivity index (χ1v) is 11.5. The van der Waals surface area contributed by atoms with Crippen LogP contribution < -0.4 is 0 Å². The van der Waals surface area contributed by atoms with Crippen LogP contribution in [0.5, 0.6) is 5.75 Å². The quantitative estimate of drug-likeness (QED) is 0.727. The predicted octanol–water partition coefficient (Wildman–Crippen LogP) is 4.49. The van der Waals surface area contributed by atoms with E-state index in [2.05, 4.69) is 19.9 Å². The van der Waals surface area contributed by atoms with Crippen LogP contribution in [0.2, 0.25) is 0 Å². The SMILES string of the molecule is CCCC1=C2[C@@H](CC/C(C)=C/c3cc(C)c(O)c(C)c3)OC[C@@H]2S(=O)(=O)C1. The molecule has 148 valence electrons. The molecule has 2 aliphatic rings. The fourth-order valence-corrected chi connectivity index (χ4v) is 6.30. The number of phenols is 1. The number of benzene rings is 1. The minimum Gasteiger partial charge on any atom is -0.507 e. The van der Waals surface area contributed by atoms with Gasteiger partial charge >= 0.3 is 0 Å². The molecule has 0 bridgehead atoms. The van der Waals surface area contributed by atoms with Gasteiger partial charge in [0.2, 0.25) is 0 Å². The average Bonchev–Trinajstić information content (AvgIpc) is 3.11. The maximum atomic E-state index is 12.4. The summed E-state index contributed by atoms with van der Waals surface area (Å²) in [5.74, 6) is 0.578. The lowest BCUT2D eigenvalue weighted by molar-refractivity contribution is 0.117. The molecule has 0 amide bonds. The monoisotopic (exact) mass is 390 g/mol. The van der Waals surface area contributed by atoms with Crippen LogP contribution in [-0.4, -0.2) is 37.2 Å². The van der Waals surface area contributed by atoms with E-state index in [0.29, 0.717) is 12.4 Å². The summed E-state index contributed by atoms with van der Waals surface area (Å²) in [6, 6.07) is 3.97. The van der Waals surface area contributed by atoms with Gasteiger partial charge in [-0.05, 0) is 74.4 Å². The second-order valence-corrected chi connectivity index (χ2v) is 10.1. The van der Waals surface area contributed by atoms with Crippen molar-refractivity contribution < 1.29 is 18.3 Å². The molecule has 0 unspecified atom stereocenters. The third kappa shape index (κ3) is 4.14. The minimum atomic E-state index is -3.07. The normalized spacial score (nSPS) is 24.5. The van der Waals surface area contributed by atoms with Crippen molar-refractivity contribution in [3.8, 4) is 5.75 Å². The Hall–Kier alpha value is -1.59. The highest BCUT2D eigenvalue weighted by atomic mass is 32.2. The number of aromatic hydroxyl groups is 1. The number of allylic oxidation sites excluding steroid dienone is 1. The van der Waals surface area contributed by atoms with E-state index in [1.54, 1.807) is 0 Å². The number of hydrogen-bond acceptors (Lipinski definition) is 4. The smallest absolute Gasteiger partial charge is 0.163 e. The van der Waals surface area contributed by atoms with E-state index >= 15 is 0 Å². The molecule has 1 saturated heterocycles. The maximum absolute atomic E-state index is 12.4. The third-order valence-electron chi connectivity index (χ3n) is 5.64. The second-order valence-electron chi connectivity index (χ2n) is 7.96. The van der Waals surface area contributed by atoms with Gasteiger partial charge in [0.15, 0.2) is 9.84 Å². The van der Waals surface area contributed by atoms with Crippen molar-refractivity contribution in [1.82, 2.24) is 0 Å². The van der Waals surface area contributed by atoms with Gasteiger partial charge < -0.3 is 9.84 Å². The standard InChI is InChI=1S/C22H30O4S/c1-5-6-18-13-27(24,25)20-12-26-19(21(18)20)8-7-14(2)9-17-10-15(3)22(23)16(4)11-17/h9-11,19-20,23H,5-8,12-13H2,1-4H3/b14-9+/t19-,20+/m1/s1.